The molecule has 2 heteroatoms. The molecule has 0 spiro atoms. The first-order valence-electron chi connectivity index (χ1n) is 6.11. The first-order chi connectivity index (χ1) is 8.36. The van der Waals surface area contributed by atoms with Gasteiger partial charge in [0.05, 0.1) is 6.61 Å². The van der Waals surface area contributed by atoms with E-state index in [4.69, 9.17) is 4.74 Å². The first-order valence-corrected chi connectivity index (χ1v) is 6.11. The fourth-order valence-electron chi connectivity index (χ4n) is 1.64. The summed E-state index contributed by atoms with van der Waals surface area (Å²) in [6.45, 7) is 2.63. The molecule has 1 N–H and O–H groups in total. The van der Waals surface area contributed by atoms with Crippen molar-refractivity contribution >= 4 is 0 Å². The van der Waals surface area contributed by atoms with Crippen molar-refractivity contribution in [2.75, 3.05) is 13.7 Å². The minimum Gasteiger partial charge on any atom is -0.494 e. The lowest BCUT2D eigenvalue weighted by Crippen LogP contribution is -2.27. The molecule has 0 amide bonds. The summed E-state index contributed by atoms with van der Waals surface area (Å²) < 4.78 is 5.67. The molecule has 1 unspecified atom stereocenters. The molecule has 1 aromatic rings. The maximum absolute atomic E-state index is 5.67. The fraction of sp³-hybridized carbons (Fsp3) is 0.467. The summed E-state index contributed by atoms with van der Waals surface area (Å²) >= 11 is 0. The van der Waals surface area contributed by atoms with E-state index in [0.717, 1.165) is 31.6 Å². The van der Waals surface area contributed by atoms with Crippen LogP contribution in [0.3, 0.4) is 0 Å². The number of ether oxygens (including phenoxy) is 1. The number of rotatable bonds is 7. The Hall–Kier alpha value is -1.46. The molecule has 1 rings (SSSR count). The second-order valence-corrected chi connectivity index (χ2v) is 3.90. The Morgan fingerprint density at radius 2 is 2.00 bits per heavy atom. The van der Waals surface area contributed by atoms with Crippen LogP contribution < -0.4 is 10.1 Å². The van der Waals surface area contributed by atoms with E-state index in [1.54, 1.807) is 0 Å². The molecular weight excluding hydrogens is 210 g/mol. The number of nitrogens with one attached hydrogen (secondary N) is 1. The summed E-state index contributed by atoms with van der Waals surface area (Å²) in [5.41, 5.74) is 0. The lowest BCUT2D eigenvalue weighted by atomic mass is 10.1. The van der Waals surface area contributed by atoms with Crippen molar-refractivity contribution in [3.8, 4) is 17.6 Å². The van der Waals surface area contributed by atoms with Crippen LogP contribution in [0, 0.1) is 11.8 Å². The van der Waals surface area contributed by atoms with Crippen LogP contribution in [0.5, 0.6) is 5.75 Å². The normalized spacial score (nSPS) is 11.4. The molecule has 0 heterocycles. The van der Waals surface area contributed by atoms with Gasteiger partial charge in [-0.25, -0.2) is 0 Å². The maximum Gasteiger partial charge on any atom is 0.119 e. The molecule has 0 aliphatic heterocycles. The summed E-state index contributed by atoms with van der Waals surface area (Å²) in [7, 11) is 1.99. The topological polar surface area (TPSA) is 21.3 Å². The molecule has 92 valence electrons. The monoisotopic (exact) mass is 231 g/mol. The Morgan fingerprint density at radius 3 is 2.65 bits per heavy atom. The highest BCUT2D eigenvalue weighted by Gasteiger charge is 2.04. The number of hydrogen-bond acceptors (Lipinski definition) is 2. The minimum atomic E-state index is 0.486. The van der Waals surface area contributed by atoms with Gasteiger partial charge in [-0.1, -0.05) is 18.2 Å². The molecule has 0 aliphatic carbocycles. The van der Waals surface area contributed by atoms with Gasteiger partial charge in [-0.3, -0.25) is 0 Å². The van der Waals surface area contributed by atoms with Gasteiger partial charge in [-0.05, 0) is 38.9 Å². The highest BCUT2D eigenvalue weighted by atomic mass is 16.5. The van der Waals surface area contributed by atoms with Gasteiger partial charge in [0.1, 0.15) is 5.75 Å². The zero-order valence-electron chi connectivity index (χ0n) is 10.7. The van der Waals surface area contributed by atoms with Gasteiger partial charge >= 0.3 is 0 Å². The predicted octanol–water partition coefficient (Wildman–Crippen LogP) is 2.85. The van der Waals surface area contributed by atoms with Gasteiger partial charge in [0.25, 0.3) is 0 Å². The third kappa shape index (κ3) is 5.99. The summed E-state index contributed by atoms with van der Waals surface area (Å²) in [5, 5.41) is 3.30. The second kappa shape index (κ2) is 8.66. The van der Waals surface area contributed by atoms with Gasteiger partial charge in [-0.2, -0.15) is 0 Å². The van der Waals surface area contributed by atoms with Gasteiger partial charge in [0, 0.05) is 12.5 Å². The number of hydrogen-bond donors (Lipinski definition) is 1. The minimum absolute atomic E-state index is 0.486. The molecule has 17 heavy (non-hydrogen) atoms. The van der Waals surface area contributed by atoms with Crippen molar-refractivity contribution in [1.29, 1.82) is 0 Å². The Labute approximate surface area is 104 Å². The lowest BCUT2D eigenvalue weighted by Gasteiger charge is -2.15. The van der Waals surface area contributed by atoms with Gasteiger partial charge < -0.3 is 10.1 Å². The second-order valence-electron chi connectivity index (χ2n) is 3.90. The zero-order chi connectivity index (χ0) is 12.3. The molecule has 1 atom stereocenters. The third-order valence-corrected chi connectivity index (χ3v) is 2.68. The van der Waals surface area contributed by atoms with E-state index in [2.05, 4.69) is 17.2 Å². The average Bonchev–Trinajstić information content (AvgIpc) is 2.38. The standard InChI is InChI=1S/C15H21NO/c1-3-4-6-9-14(16-2)12-13-17-15-10-7-5-8-11-15/h5,7-8,10-11,14,16H,6,9,12-13H2,1-2H3. The summed E-state index contributed by atoms with van der Waals surface area (Å²) in [4.78, 5) is 0. The molecule has 0 bridgehead atoms. The maximum atomic E-state index is 5.67. The SMILES string of the molecule is CC#CCCC(CCOc1ccccc1)NC. The smallest absolute Gasteiger partial charge is 0.119 e. The largest absolute Gasteiger partial charge is 0.494 e. The summed E-state index contributed by atoms with van der Waals surface area (Å²) in [6, 6.07) is 10.4. The first kappa shape index (κ1) is 13.6. The fourth-order valence-corrected chi connectivity index (χ4v) is 1.64. The van der Waals surface area contributed by atoms with E-state index < -0.39 is 0 Å². The lowest BCUT2D eigenvalue weighted by molar-refractivity contribution is 0.285. The summed E-state index contributed by atoms with van der Waals surface area (Å²) in [6.07, 6.45) is 3.04. The van der Waals surface area contributed by atoms with Crippen LogP contribution in [0.15, 0.2) is 30.3 Å². The molecule has 2 nitrogen and oxygen atoms in total. The van der Waals surface area contributed by atoms with E-state index in [9.17, 15) is 0 Å². The van der Waals surface area contributed by atoms with E-state index >= 15 is 0 Å². The molecule has 0 aliphatic rings. The van der Waals surface area contributed by atoms with Crippen molar-refractivity contribution in [3.05, 3.63) is 30.3 Å². The average molecular weight is 231 g/mol. The van der Waals surface area contributed by atoms with E-state index in [1.807, 2.05) is 44.3 Å². The Balaban J connectivity index is 2.20. The van der Waals surface area contributed by atoms with Crippen LogP contribution in [0.1, 0.15) is 26.2 Å². The van der Waals surface area contributed by atoms with E-state index in [-0.39, 0.29) is 0 Å². The molecular formula is C15H21NO. The van der Waals surface area contributed by atoms with Crippen molar-refractivity contribution in [3.63, 3.8) is 0 Å². The van der Waals surface area contributed by atoms with Crippen molar-refractivity contribution < 1.29 is 4.74 Å². The number of benzene rings is 1. The van der Waals surface area contributed by atoms with E-state index in [1.165, 1.54) is 0 Å². The van der Waals surface area contributed by atoms with Crippen molar-refractivity contribution in [2.24, 2.45) is 0 Å². The quantitative estimate of drug-likeness (QED) is 0.729. The zero-order valence-corrected chi connectivity index (χ0v) is 10.7. The van der Waals surface area contributed by atoms with Crippen LogP contribution in [-0.2, 0) is 0 Å². The van der Waals surface area contributed by atoms with Gasteiger partial charge in [0.15, 0.2) is 0 Å². The Morgan fingerprint density at radius 1 is 1.24 bits per heavy atom. The molecule has 0 saturated heterocycles. The van der Waals surface area contributed by atoms with Crippen molar-refractivity contribution in [2.45, 2.75) is 32.2 Å². The molecule has 0 aromatic heterocycles. The molecule has 0 radical (unpaired) electrons. The molecule has 0 saturated carbocycles. The molecule has 0 fully saturated rings. The molecule has 1 aromatic carbocycles. The highest BCUT2D eigenvalue weighted by molar-refractivity contribution is 5.20. The van der Waals surface area contributed by atoms with Crippen LogP contribution in [0.4, 0.5) is 0 Å². The summed E-state index contributed by atoms with van der Waals surface area (Å²) in [5.74, 6) is 6.95. The van der Waals surface area contributed by atoms with Crippen LogP contribution >= 0.6 is 0 Å². The number of para-hydroxylation sites is 1. The third-order valence-electron chi connectivity index (χ3n) is 2.68. The highest BCUT2D eigenvalue weighted by Crippen LogP contribution is 2.09. The van der Waals surface area contributed by atoms with Crippen LogP contribution in [0.25, 0.3) is 0 Å². The Kier molecular flexibility index (Phi) is 6.93. The van der Waals surface area contributed by atoms with Crippen molar-refractivity contribution in [1.82, 2.24) is 5.32 Å². The Bertz CT molecular complexity index is 350. The predicted molar refractivity (Wildman–Crippen MR) is 72.1 cm³/mol. The van der Waals surface area contributed by atoms with Crippen LogP contribution in [-0.4, -0.2) is 19.7 Å². The van der Waals surface area contributed by atoms with E-state index in [0.29, 0.717) is 6.04 Å². The van der Waals surface area contributed by atoms with Crippen LogP contribution in [0.2, 0.25) is 0 Å². The van der Waals surface area contributed by atoms with Gasteiger partial charge in [-0.15, -0.1) is 11.8 Å². The van der Waals surface area contributed by atoms with Gasteiger partial charge in [0.2, 0.25) is 0 Å².